The molecule has 1 N–H and O–H groups in total. The lowest BCUT2D eigenvalue weighted by Gasteiger charge is -2.52. The van der Waals surface area contributed by atoms with E-state index in [0.717, 1.165) is 6.42 Å². The van der Waals surface area contributed by atoms with Crippen LogP contribution in [0.1, 0.15) is 33.6 Å². The first-order valence-electron chi connectivity index (χ1n) is 5.18. The van der Waals surface area contributed by atoms with Crippen LogP contribution in [0.25, 0.3) is 0 Å². The number of hydrogen-bond acceptors (Lipinski definition) is 3. The van der Waals surface area contributed by atoms with E-state index in [1.54, 1.807) is 7.11 Å². The lowest BCUT2D eigenvalue weighted by atomic mass is 9.64. The summed E-state index contributed by atoms with van der Waals surface area (Å²) < 4.78 is 5.37. The van der Waals surface area contributed by atoms with E-state index in [0.29, 0.717) is 18.6 Å². The minimum Gasteiger partial charge on any atom is -0.381 e. The first kappa shape index (κ1) is 11.5. The lowest BCUT2D eigenvalue weighted by molar-refractivity contribution is -0.0996. The van der Waals surface area contributed by atoms with Crippen molar-refractivity contribution in [3.05, 3.63) is 0 Å². The van der Waals surface area contributed by atoms with Gasteiger partial charge in [0.05, 0.1) is 18.6 Å². The third-order valence-corrected chi connectivity index (χ3v) is 3.35. The van der Waals surface area contributed by atoms with Crippen LogP contribution in [-0.2, 0) is 4.74 Å². The van der Waals surface area contributed by atoms with Gasteiger partial charge in [-0.3, -0.25) is 0 Å². The number of ether oxygens (including phenoxy) is 1. The van der Waals surface area contributed by atoms with Crippen molar-refractivity contribution in [1.82, 2.24) is 5.32 Å². The van der Waals surface area contributed by atoms with Gasteiger partial charge >= 0.3 is 0 Å². The van der Waals surface area contributed by atoms with Gasteiger partial charge in [-0.2, -0.15) is 5.26 Å². The monoisotopic (exact) mass is 196 g/mol. The van der Waals surface area contributed by atoms with E-state index in [1.165, 1.54) is 0 Å². The highest BCUT2D eigenvalue weighted by Gasteiger charge is 2.48. The van der Waals surface area contributed by atoms with Crippen molar-refractivity contribution in [1.29, 1.82) is 5.26 Å². The summed E-state index contributed by atoms with van der Waals surface area (Å²) in [5.41, 5.74) is 0.193. The first-order valence-corrected chi connectivity index (χ1v) is 5.18. The van der Waals surface area contributed by atoms with Crippen molar-refractivity contribution in [3.8, 4) is 6.07 Å². The Kier molecular flexibility index (Phi) is 3.52. The van der Waals surface area contributed by atoms with Crippen LogP contribution < -0.4 is 5.32 Å². The van der Waals surface area contributed by atoms with Crippen LogP contribution in [-0.4, -0.2) is 25.3 Å². The van der Waals surface area contributed by atoms with Gasteiger partial charge in [0, 0.05) is 24.6 Å². The molecule has 14 heavy (non-hydrogen) atoms. The molecular formula is C11H20N2O. The predicted octanol–water partition coefficient (Wildman–Crippen LogP) is 1.69. The molecule has 0 amide bonds. The summed E-state index contributed by atoms with van der Waals surface area (Å²) in [6.07, 6.45) is 1.98. The molecule has 0 aliphatic heterocycles. The van der Waals surface area contributed by atoms with Crippen LogP contribution in [0.2, 0.25) is 0 Å². The third kappa shape index (κ3) is 2.08. The highest BCUT2D eigenvalue weighted by atomic mass is 16.5. The van der Waals surface area contributed by atoms with Crippen molar-refractivity contribution < 1.29 is 4.74 Å². The molecule has 1 rings (SSSR count). The van der Waals surface area contributed by atoms with Crippen molar-refractivity contribution in [3.63, 3.8) is 0 Å². The molecule has 0 aromatic rings. The molecule has 0 radical (unpaired) electrons. The van der Waals surface area contributed by atoms with Gasteiger partial charge in [-0.25, -0.2) is 0 Å². The number of rotatable bonds is 4. The second-order valence-electron chi connectivity index (χ2n) is 4.76. The SMILES string of the molecule is COC1CC(NC(C)CC#N)C1(C)C. The fraction of sp³-hybridized carbons (Fsp3) is 0.909. The van der Waals surface area contributed by atoms with Crippen LogP contribution in [0.5, 0.6) is 0 Å². The third-order valence-electron chi connectivity index (χ3n) is 3.35. The summed E-state index contributed by atoms with van der Waals surface area (Å²) in [6, 6.07) is 2.94. The first-order chi connectivity index (χ1) is 6.52. The van der Waals surface area contributed by atoms with Gasteiger partial charge in [-0.1, -0.05) is 13.8 Å². The Morgan fingerprint density at radius 1 is 1.64 bits per heavy atom. The smallest absolute Gasteiger partial charge is 0.0652 e. The second-order valence-corrected chi connectivity index (χ2v) is 4.76. The molecule has 3 nitrogen and oxygen atoms in total. The van der Waals surface area contributed by atoms with Crippen molar-refractivity contribution in [2.24, 2.45) is 5.41 Å². The molecule has 3 atom stereocenters. The molecule has 80 valence electrons. The number of nitriles is 1. The van der Waals surface area contributed by atoms with Gasteiger partial charge < -0.3 is 10.1 Å². The van der Waals surface area contributed by atoms with Crippen molar-refractivity contribution in [2.45, 2.75) is 51.8 Å². The Balaban J connectivity index is 2.39. The van der Waals surface area contributed by atoms with Gasteiger partial charge in [0.15, 0.2) is 0 Å². The fourth-order valence-electron chi connectivity index (χ4n) is 2.11. The van der Waals surface area contributed by atoms with E-state index < -0.39 is 0 Å². The predicted molar refractivity (Wildman–Crippen MR) is 55.8 cm³/mol. The van der Waals surface area contributed by atoms with E-state index in [-0.39, 0.29) is 11.5 Å². The van der Waals surface area contributed by atoms with E-state index >= 15 is 0 Å². The fourth-order valence-corrected chi connectivity index (χ4v) is 2.11. The molecule has 0 bridgehead atoms. The Morgan fingerprint density at radius 3 is 2.71 bits per heavy atom. The normalized spacial score (nSPS) is 31.6. The van der Waals surface area contributed by atoms with Crippen LogP contribution in [0, 0.1) is 16.7 Å². The van der Waals surface area contributed by atoms with Crippen molar-refractivity contribution in [2.75, 3.05) is 7.11 Å². The molecule has 0 aromatic carbocycles. The molecule has 0 aromatic heterocycles. The van der Waals surface area contributed by atoms with Gasteiger partial charge in [0.2, 0.25) is 0 Å². The van der Waals surface area contributed by atoms with E-state index in [1.807, 2.05) is 0 Å². The summed E-state index contributed by atoms with van der Waals surface area (Å²) in [7, 11) is 1.77. The Morgan fingerprint density at radius 2 is 2.29 bits per heavy atom. The number of nitrogens with one attached hydrogen (secondary N) is 1. The maximum Gasteiger partial charge on any atom is 0.0652 e. The summed E-state index contributed by atoms with van der Waals surface area (Å²) in [6.45, 7) is 6.47. The molecule has 0 spiro atoms. The van der Waals surface area contributed by atoms with Crippen LogP contribution >= 0.6 is 0 Å². The zero-order chi connectivity index (χ0) is 10.8. The van der Waals surface area contributed by atoms with Crippen molar-refractivity contribution >= 4 is 0 Å². The zero-order valence-electron chi connectivity index (χ0n) is 9.50. The molecule has 1 fully saturated rings. The van der Waals surface area contributed by atoms with Gasteiger partial charge in [-0.05, 0) is 13.3 Å². The summed E-state index contributed by atoms with van der Waals surface area (Å²) in [5.74, 6) is 0. The topological polar surface area (TPSA) is 45.0 Å². The summed E-state index contributed by atoms with van der Waals surface area (Å²) in [5, 5.41) is 12.0. The summed E-state index contributed by atoms with van der Waals surface area (Å²) >= 11 is 0. The van der Waals surface area contributed by atoms with E-state index in [9.17, 15) is 0 Å². The molecule has 0 saturated heterocycles. The van der Waals surface area contributed by atoms with E-state index in [2.05, 4.69) is 32.2 Å². The molecule has 1 aliphatic rings. The second kappa shape index (κ2) is 4.29. The number of hydrogen-bond donors (Lipinski definition) is 1. The molecular weight excluding hydrogens is 176 g/mol. The minimum atomic E-state index is 0.193. The van der Waals surface area contributed by atoms with Gasteiger partial charge in [0.25, 0.3) is 0 Å². The molecule has 3 unspecified atom stereocenters. The summed E-state index contributed by atoms with van der Waals surface area (Å²) in [4.78, 5) is 0. The maximum atomic E-state index is 8.55. The standard InChI is InChI=1S/C11H20N2O/c1-8(5-6-12)13-9-7-10(14-4)11(9,2)3/h8-10,13H,5,7H2,1-4H3. The average molecular weight is 196 g/mol. The average Bonchev–Trinajstić information content (AvgIpc) is 2.12. The Bertz CT molecular complexity index is 232. The Hall–Kier alpha value is -0.590. The highest BCUT2D eigenvalue weighted by Crippen LogP contribution is 2.42. The van der Waals surface area contributed by atoms with Crippen LogP contribution in [0.3, 0.4) is 0 Å². The lowest BCUT2D eigenvalue weighted by Crippen LogP contribution is -2.62. The minimum absolute atomic E-state index is 0.193. The largest absolute Gasteiger partial charge is 0.381 e. The van der Waals surface area contributed by atoms with E-state index in [4.69, 9.17) is 10.00 Å². The molecule has 1 aliphatic carbocycles. The molecule has 0 heterocycles. The number of methoxy groups -OCH3 is 1. The molecule has 1 saturated carbocycles. The highest BCUT2D eigenvalue weighted by molar-refractivity contribution is 5.03. The Labute approximate surface area is 86.4 Å². The number of nitrogens with zero attached hydrogens (tertiary/aromatic N) is 1. The van der Waals surface area contributed by atoms with Gasteiger partial charge in [0.1, 0.15) is 0 Å². The molecule has 3 heteroatoms. The maximum absolute atomic E-state index is 8.55. The van der Waals surface area contributed by atoms with Crippen LogP contribution in [0.15, 0.2) is 0 Å². The van der Waals surface area contributed by atoms with Crippen LogP contribution in [0.4, 0.5) is 0 Å². The zero-order valence-corrected chi connectivity index (χ0v) is 9.50. The quantitative estimate of drug-likeness (QED) is 0.744. The van der Waals surface area contributed by atoms with Gasteiger partial charge in [-0.15, -0.1) is 0 Å².